The zero-order valence-electron chi connectivity index (χ0n) is 12.8. The molecule has 1 rings (SSSR count). The van der Waals surface area contributed by atoms with Gasteiger partial charge in [-0.05, 0) is 24.2 Å². The van der Waals surface area contributed by atoms with Crippen LogP contribution >= 0.6 is 0 Å². The molecule has 0 saturated carbocycles. The lowest BCUT2D eigenvalue weighted by Crippen LogP contribution is -2.42. The Morgan fingerprint density at radius 3 is 2.30 bits per heavy atom. The molecule has 0 saturated heterocycles. The van der Waals surface area contributed by atoms with Crippen LogP contribution in [-0.4, -0.2) is 35.6 Å². The molecule has 3 N–H and O–H groups in total. The molecule has 0 aliphatic rings. The van der Waals surface area contributed by atoms with E-state index in [4.69, 9.17) is 9.53 Å². The van der Waals surface area contributed by atoms with Crippen LogP contribution < -0.4 is 5.46 Å². The van der Waals surface area contributed by atoms with Crippen molar-refractivity contribution < 1.29 is 19.6 Å². The third kappa shape index (κ3) is 4.13. The molecule has 112 valence electrons. The molecule has 0 radical (unpaired) electrons. The van der Waals surface area contributed by atoms with Crippen molar-refractivity contribution in [3.63, 3.8) is 0 Å². The van der Waals surface area contributed by atoms with Crippen LogP contribution in [0, 0.1) is 0 Å². The van der Waals surface area contributed by atoms with Gasteiger partial charge in [-0.15, -0.1) is 0 Å². The summed E-state index contributed by atoms with van der Waals surface area (Å²) in [5.74, 6) is 0. The summed E-state index contributed by atoms with van der Waals surface area (Å²) in [7, 11) is -3.53. The van der Waals surface area contributed by atoms with E-state index in [1.165, 1.54) is 0 Å². The first-order valence-electron chi connectivity index (χ1n) is 6.68. The summed E-state index contributed by atoms with van der Waals surface area (Å²) in [6, 6.07) is 3.14. The SMILES string of the molecule is CC(C)(C)[Si](C)(C)OCc1nc(CO)ccc1B(O)O. The number of aliphatic hydroxyl groups excluding tert-OH is 1. The third-order valence-electron chi connectivity index (χ3n) is 3.88. The Hall–Kier alpha value is -0.728. The van der Waals surface area contributed by atoms with Crippen molar-refractivity contribution in [2.24, 2.45) is 0 Å². The largest absolute Gasteiger partial charge is 0.490 e. The van der Waals surface area contributed by atoms with E-state index in [1.54, 1.807) is 12.1 Å². The van der Waals surface area contributed by atoms with E-state index in [9.17, 15) is 10.0 Å². The monoisotopic (exact) mass is 297 g/mol. The molecule has 0 aliphatic carbocycles. The smallest absolute Gasteiger partial charge is 0.423 e. The minimum atomic E-state index is -1.94. The van der Waals surface area contributed by atoms with Crippen molar-refractivity contribution in [2.45, 2.75) is 52.1 Å². The fraction of sp³-hybridized carbons (Fsp3) is 0.615. The Morgan fingerprint density at radius 1 is 1.25 bits per heavy atom. The van der Waals surface area contributed by atoms with Gasteiger partial charge < -0.3 is 19.6 Å². The highest BCUT2D eigenvalue weighted by molar-refractivity contribution is 6.74. The van der Waals surface area contributed by atoms with Gasteiger partial charge in [0.25, 0.3) is 0 Å². The zero-order valence-corrected chi connectivity index (χ0v) is 13.8. The highest BCUT2D eigenvalue weighted by Crippen LogP contribution is 2.36. The molecule has 0 amide bonds. The van der Waals surface area contributed by atoms with Gasteiger partial charge in [-0.3, -0.25) is 4.98 Å². The lowest BCUT2D eigenvalue weighted by atomic mass is 9.79. The number of pyridine rings is 1. The fourth-order valence-electron chi connectivity index (χ4n) is 1.46. The predicted octanol–water partition coefficient (Wildman–Crippen LogP) is 0.775. The highest BCUT2D eigenvalue weighted by Gasteiger charge is 2.37. The van der Waals surface area contributed by atoms with E-state index >= 15 is 0 Å². The molecule has 7 heteroatoms. The van der Waals surface area contributed by atoms with Gasteiger partial charge in [0.15, 0.2) is 8.32 Å². The molecule has 20 heavy (non-hydrogen) atoms. The first kappa shape index (κ1) is 17.3. The second kappa shape index (κ2) is 6.36. The van der Waals surface area contributed by atoms with Gasteiger partial charge in [0.2, 0.25) is 0 Å². The number of rotatable bonds is 5. The predicted molar refractivity (Wildman–Crippen MR) is 82.0 cm³/mol. The summed E-state index contributed by atoms with van der Waals surface area (Å²) in [6.45, 7) is 10.7. The third-order valence-corrected chi connectivity index (χ3v) is 8.36. The Morgan fingerprint density at radius 2 is 1.85 bits per heavy atom. The van der Waals surface area contributed by atoms with Gasteiger partial charge in [0, 0.05) is 5.46 Å². The molecule has 0 unspecified atom stereocenters. The molecule has 0 bridgehead atoms. The van der Waals surface area contributed by atoms with E-state index in [-0.39, 0.29) is 18.3 Å². The lowest BCUT2D eigenvalue weighted by Gasteiger charge is -2.36. The number of aromatic nitrogens is 1. The lowest BCUT2D eigenvalue weighted by molar-refractivity contribution is 0.264. The van der Waals surface area contributed by atoms with E-state index < -0.39 is 15.4 Å². The molecular weight excluding hydrogens is 273 g/mol. The molecule has 0 fully saturated rings. The molecule has 1 aromatic rings. The molecule has 1 aromatic heterocycles. The quantitative estimate of drug-likeness (QED) is 0.700. The maximum Gasteiger partial charge on any atom is 0.490 e. The van der Waals surface area contributed by atoms with Crippen molar-refractivity contribution >= 4 is 20.9 Å². The normalized spacial score (nSPS) is 12.6. The summed E-state index contributed by atoms with van der Waals surface area (Å²) in [5.41, 5.74) is 1.28. The van der Waals surface area contributed by atoms with Crippen LogP contribution in [0.1, 0.15) is 32.2 Å². The molecule has 0 atom stereocenters. The zero-order chi connectivity index (χ0) is 15.6. The molecule has 0 aliphatic heterocycles. The molecule has 5 nitrogen and oxygen atoms in total. The van der Waals surface area contributed by atoms with Crippen LogP contribution in [0.2, 0.25) is 18.1 Å². The van der Waals surface area contributed by atoms with E-state index in [1.807, 2.05) is 0 Å². The van der Waals surface area contributed by atoms with E-state index in [0.717, 1.165) is 0 Å². The molecular formula is C13H24BNO4Si. The minimum Gasteiger partial charge on any atom is -0.423 e. The first-order chi connectivity index (χ1) is 9.08. The average molecular weight is 297 g/mol. The number of hydrogen-bond acceptors (Lipinski definition) is 5. The standard InChI is InChI=1S/C13H24BNO4Si/c1-13(2,3)20(4,5)19-9-12-11(14(17)18)7-6-10(8-16)15-12/h6-7,16-18H,8-9H2,1-5H3. The van der Waals surface area contributed by atoms with Gasteiger partial charge in [-0.2, -0.15) is 0 Å². The van der Waals surface area contributed by atoms with E-state index in [0.29, 0.717) is 16.9 Å². The summed E-state index contributed by atoms with van der Waals surface area (Å²) in [5, 5.41) is 27.9. The topological polar surface area (TPSA) is 82.8 Å². The Bertz CT molecular complexity index is 460. The Kier molecular flexibility index (Phi) is 5.51. The molecule has 0 aromatic carbocycles. The van der Waals surface area contributed by atoms with Crippen molar-refractivity contribution in [1.29, 1.82) is 0 Å². The van der Waals surface area contributed by atoms with Crippen molar-refractivity contribution in [2.75, 3.05) is 0 Å². The second-order valence-corrected chi connectivity index (χ2v) is 11.2. The first-order valence-corrected chi connectivity index (χ1v) is 9.59. The van der Waals surface area contributed by atoms with Gasteiger partial charge in [-0.25, -0.2) is 0 Å². The number of hydrogen-bond donors (Lipinski definition) is 3. The summed E-state index contributed by atoms with van der Waals surface area (Å²) in [6.07, 6.45) is 0. The van der Waals surface area contributed by atoms with Crippen LogP contribution in [0.25, 0.3) is 0 Å². The van der Waals surface area contributed by atoms with E-state index in [2.05, 4.69) is 38.8 Å². The van der Waals surface area contributed by atoms with Crippen LogP contribution in [0.5, 0.6) is 0 Å². The minimum absolute atomic E-state index is 0.0690. The van der Waals surface area contributed by atoms with Gasteiger partial charge >= 0.3 is 7.12 Å². The van der Waals surface area contributed by atoms with Gasteiger partial charge in [-0.1, -0.05) is 26.8 Å². The van der Waals surface area contributed by atoms with Crippen molar-refractivity contribution in [1.82, 2.24) is 4.98 Å². The van der Waals surface area contributed by atoms with Crippen LogP contribution in [0.15, 0.2) is 12.1 Å². The van der Waals surface area contributed by atoms with Gasteiger partial charge in [0.1, 0.15) is 0 Å². The molecule has 1 heterocycles. The number of nitrogens with zero attached hydrogens (tertiary/aromatic N) is 1. The highest BCUT2D eigenvalue weighted by atomic mass is 28.4. The Balaban J connectivity index is 2.96. The van der Waals surface area contributed by atoms with Gasteiger partial charge in [0.05, 0.1) is 24.6 Å². The van der Waals surface area contributed by atoms with Crippen molar-refractivity contribution in [3.8, 4) is 0 Å². The molecule has 0 spiro atoms. The summed E-state index contributed by atoms with van der Waals surface area (Å²) in [4.78, 5) is 4.22. The van der Waals surface area contributed by atoms with Crippen LogP contribution in [0.4, 0.5) is 0 Å². The Labute approximate surface area is 121 Å². The average Bonchev–Trinajstić information content (AvgIpc) is 2.34. The number of aliphatic hydroxyl groups is 1. The second-order valence-electron chi connectivity index (χ2n) is 6.42. The summed E-state index contributed by atoms with van der Waals surface area (Å²) >= 11 is 0. The van der Waals surface area contributed by atoms with Crippen LogP contribution in [0.3, 0.4) is 0 Å². The maximum absolute atomic E-state index is 9.37. The van der Waals surface area contributed by atoms with Crippen molar-refractivity contribution in [3.05, 3.63) is 23.5 Å². The fourth-order valence-corrected chi connectivity index (χ4v) is 2.39. The summed E-state index contributed by atoms with van der Waals surface area (Å²) < 4.78 is 6.04. The van der Waals surface area contributed by atoms with Crippen LogP contribution in [-0.2, 0) is 17.6 Å². The maximum atomic E-state index is 9.37.